The number of hydrogen-bond acceptors (Lipinski definition) is 5. The first kappa shape index (κ1) is 23.7. The van der Waals surface area contributed by atoms with Gasteiger partial charge in [-0.2, -0.15) is 4.31 Å². The molecule has 0 saturated carbocycles. The molecule has 2 aromatic rings. The molecule has 0 N–H and O–H groups in total. The average molecular weight is 451 g/mol. The SMILES string of the molecule is CCCCN(C)C(=O)CCc1nc2cc(S(=O)(=O)N3CCOCC3)ccc2n1CCC. The van der Waals surface area contributed by atoms with Gasteiger partial charge < -0.3 is 14.2 Å². The van der Waals surface area contributed by atoms with Crippen LogP contribution in [0.3, 0.4) is 0 Å². The van der Waals surface area contributed by atoms with Crippen LogP contribution in [-0.4, -0.2) is 73.0 Å². The zero-order valence-electron chi connectivity index (χ0n) is 18.8. The van der Waals surface area contributed by atoms with Crippen molar-refractivity contribution in [2.45, 2.75) is 57.4 Å². The molecule has 1 fully saturated rings. The Labute approximate surface area is 185 Å². The van der Waals surface area contributed by atoms with Gasteiger partial charge in [0.25, 0.3) is 0 Å². The summed E-state index contributed by atoms with van der Waals surface area (Å²) in [5.74, 6) is 0.939. The van der Waals surface area contributed by atoms with E-state index < -0.39 is 10.0 Å². The maximum Gasteiger partial charge on any atom is 0.243 e. The molecular formula is C22H34N4O4S. The number of amides is 1. The van der Waals surface area contributed by atoms with Crippen molar-refractivity contribution >= 4 is 27.0 Å². The molecule has 1 amide bonds. The summed E-state index contributed by atoms with van der Waals surface area (Å²) >= 11 is 0. The minimum atomic E-state index is -3.57. The van der Waals surface area contributed by atoms with Crippen molar-refractivity contribution in [1.82, 2.24) is 18.8 Å². The molecule has 1 aromatic carbocycles. The second-order valence-corrected chi connectivity index (χ2v) is 9.95. The highest BCUT2D eigenvalue weighted by Crippen LogP contribution is 2.24. The number of unbranched alkanes of at least 4 members (excludes halogenated alkanes) is 1. The van der Waals surface area contributed by atoms with Crippen molar-refractivity contribution in [3.05, 3.63) is 24.0 Å². The number of benzene rings is 1. The molecule has 31 heavy (non-hydrogen) atoms. The molecule has 8 nitrogen and oxygen atoms in total. The highest BCUT2D eigenvalue weighted by atomic mass is 32.2. The summed E-state index contributed by atoms with van der Waals surface area (Å²) in [4.78, 5) is 19.2. The average Bonchev–Trinajstić information content (AvgIpc) is 3.13. The van der Waals surface area contributed by atoms with Crippen molar-refractivity contribution in [1.29, 1.82) is 0 Å². The van der Waals surface area contributed by atoms with Gasteiger partial charge in [0.15, 0.2) is 0 Å². The van der Waals surface area contributed by atoms with Gasteiger partial charge in [0.2, 0.25) is 15.9 Å². The first-order valence-corrected chi connectivity index (χ1v) is 12.6. The summed E-state index contributed by atoms with van der Waals surface area (Å²) in [6, 6.07) is 5.16. The van der Waals surface area contributed by atoms with Crippen molar-refractivity contribution < 1.29 is 17.9 Å². The lowest BCUT2D eigenvalue weighted by Gasteiger charge is -2.26. The minimum absolute atomic E-state index is 0.110. The smallest absolute Gasteiger partial charge is 0.243 e. The molecule has 0 aliphatic carbocycles. The first-order chi connectivity index (χ1) is 14.9. The largest absolute Gasteiger partial charge is 0.379 e. The third-order valence-corrected chi connectivity index (χ3v) is 7.58. The van der Waals surface area contributed by atoms with Crippen LogP contribution in [0.2, 0.25) is 0 Å². The van der Waals surface area contributed by atoms with Crippen molar-refractivity contribution in [3.8, 4) is 0 Å². The number of carbonyl (C=O) groups is 1. The molecule has 1 aromatic heterocycles. The van der Waals surface area contributed by atoms with Crippen molar-refractivity contribution in [2.75, 3.05) is 39.9 Å². The van der Waals surface area contributed by atoms with E-state index in [1.54, 1.807) is 17.0 Å². The van der Waals surface area contributed by atoms with Gasteiger partial charge in [-0.3, -0.25) is 4.79 Å². The maximum absolute atomic E-state index is 13.0. The molecule has 0 atom stereocenters. The molecule has 0 radical (unpaired) electrons. The Hall–Kier alpha value is -1.97. The number of rotatable bonds is 10. The van der Waals surface area contributed by atoms with E-state index in [0.29, 0.717) is 44.7 Å². The molecule has 2 heterocycles. The van der Waals surface area contributed by atoms with Gasteiger partial charge in [-0.25, -0.2) is 13.4 Å². The lowest BCUT2D eigenvalue weighted by Crippen LogP contribution is -2.40. The summed E-state index contributed by atoms with van der Waals surface area (Å²) in [5.41, 5.74) is 1.56. The Morgan fingerprint density at radius 1 is 1.19 bits per heavy atom. The van der Waals surface area contributed by atoms with Crippen LogP contribution in [0, 0.1) is 0 Å². The van der Waals surface area contributed by atoms with Gasteiger partial charge in [-0.1, -0.05) is 20.3 Å². The molecular weight excluding hydrogens is 416 g/mol. The van der Waals surface area contributed by atoms with Gasteiger partial charge in [-0.05, 0) is 31.0 Å². The van der Waals surface area contributed by atoms with Gasteiger partial charge >= 0.3 is 0 Å². The number of carbonyl (C=O) groups excluding carboxylic acids is 1. The number of fused-ring (bicyclic) bond motifs is 1. The second-order valence-electron chi connectivity index (χ2n) is 8.02. The Kier molecular flexibility index (Phi) is 8.07. The fraction of sp³-hybridized carbons (Fsp3) is 0.636. The highest BCUT2D eigenvalue weighted by molar-refractivity contribution is 7.89. The highest BCUT2D eigenvalue weighted by Gasteiger charge is 2.27. The van der Waals surface area contributed by atoms with Crippen molar-refractivity contribution in [3.63, 3.8) is 0 Å². The van der Waals surface area contributed by atoms with E-state index in [-0.39, 0.29) is 10.8 Å². The van der Waals surface area contributed by atoms with Gasteiger partial charge in [0.1, 0.15) is 5.82 Å². The fourth-order valence-corrected chi connectivity index (χ4v) is 5.28. The van der Waals surface area contributed by atoms with Gasteiger partial charge in [0, 0.05) is 46.1 Å². The molecule has 1 saturated heterocycles. The zero-order valence-corrected chi connectivity index (χ0v) is 19.7. The lowest BCUT2D eigenvalue weighted by atomic mass is 10.2. The summed E-state index contributed by atoms with van der Waals surface area (Å²) < 4.78 is 34.9. The maximum atomic E-state index is 13.0. The van der Waals surface area contributed by atoms with Crippen LogP contribution in [0.5, 0.6) is 0 Å². The Morgan fingerprint density at radius 2 is 1.94 bits per heavy atom. The Balaban J connectivity index is 1.83. The van der Waals surface area contributed by atoms with E-state index in [9.17, 15) is 13.2 Å². The molecule has 0 unspecified atom stereocenters. The normalized spacial score (nSPS) is 15.5. The lowest BCUT2D eigenvalue weighted by molar-refractivity contribution is -0.129. The van der Waals surface area contributed by atoms with Crippen LogP contribution in [-0.2, 0) is 32.5 Å². The van der Waals surface area contributed by atoms with Crippen LogP contribution < -0.4 is 0 Å². The van der Waals surface area contributed by atoms with Gasteiger partial charge in [-0.15, -0.1) is 0 Å². The standard InChI is InChI=1S/C22H34N4O4S/c1-4-6-12-24(3)22(27)10-9-21-23-19-17-18(7-8-20(19)26(21)11-5-2)31(28,29)25-13-15-30-16-14-25/h7-8,17H,4-6,9-16H2,1-3H3. The molecule has 172 valence electrons. The minimum Gasteiger partial charge on any atom is -0.379 e. The predicted octanol–water partition coefficient (Wildman–Crippen LogP) is 2.66. The van der Waals surface area contributed by atoms with E-state index >= 15 is 0 Å². The molecule has 9 heteroatoms. The number of nitrogens with zero attached hydrogens (tertiary/aromatic N) is 4. The first-order valence-electron chi connectivity index (χ1n) is 11.2. The molecule has 1 aliphatic heterocycles. The number of ether oxygens (including phenoxy) is 1. The topological polar surface area (TPSA) is 84.7 Å². The number of imidazole rings is 1. The second kappa shape index (κ2) is 10.6. The summed E-state index contributed by atoms with van der Waals surface area (Å²) in [7, 11) is -1.73. The van der Waals surface area contributed by atoms with Crippen LogP contribution in [0.1, 0.15) is 45.4 Å². The Morgan fingerprint density at radius 3 is 2.61 bits per heavy atom. The van der Waals surface area contributed by atoms with Crippen LogP contribution in [0.15, 0.2) is 23.1 Å². The third-order valence-electron chi connectivity index (χ3n) is 5.69. The molecule has 1 aliphatic rings. The molecule has 0 bridgehead atoms. The number of morpholine rings is 1. The third kappa shape index (κ3) is 5.45. The number of aryl methyl sites for hydroxylation is 2. The van der Waals surface area contributed by atoms with E-state index in [1.165, 1.54) is 4.31 Å². The summed E-state index contributed by atoms with van der Waals surface area (Å²) in [5, 5.41) is 0. The number of sulfonamides is 1. The predicted molar refractivity (Wildman–Crippen MR) is 120 cm³/mol. The van der Waals surface area contributed by atoms with Crippen molar-refractivity contribution in [2.24, 2.45) is 0 Å². The number of hydrogen-bond donors (Lipinski definition) is 0. The summed E-state index contributed by atoms with van der Waals surface area (Å²) in [6.45, 7) is 7.31. The van der Waals surface area contributed by atoms with Crippen LogP contribution >= 0.6 is 0 Å². The molecule has 3 rings (SSSR count). The molecule has 0 spiro atoms. The zero-order chi connectivity index (χ0) is 22.4. The Bertz CT molecular complexity index is 996. The van der Waals surface area contributed by atoms with Gasteiger partial charge in [0.05, 0.1) is 29.1 Å². The fourth-order valence-electron chi connectivity index (χ4n) is 3.85. The van der Waals surface area contributed by atoms with E-state index in [0.717, 1.165) is 43.7 Å². The van der Waals surface area contributed by atoms with Crippen LogP contribution in [0.4, 0.5) is 0 Å². The summed E-state index contributed by atoms with van der Waals surface area (Å²) in [6.07, 6.45) is 3.91. The van der Waals surface area contributed by atoms with E-state index in [1.807, 2.05) is 13.1 Å². The number of aromatic nitrogens is 2. The monoisotopic (exact) mass is 450 g/mol. The van der Waals surface area contributed by atoms with E-state index in [4.69, 9.17) is 9.72 Å². The van der Waals surface area contributed by atoms with Crippen LogP contribution in [0.25, 0.3) is 11.0 Å². The quantitative estimate of drug-likeness (QED) is 0.556. The van der Waals surface area contributed by atoms with E-state index in [2.05, 4.69) is 18.4 Å².